The highest BCUT2D eigenvalue weighted by atomic mass is 35.5. The van der Waals surface area contributed by atoms with Gasteiger partial charge in [-0.1, -0.05) is 6.92 Å². The first kappa shape index (κ1) is 13.3. The molecule has 0 bridgehead atoms. The van der Waals surface area contributed by atoms with E-state index in [4.69, 9.17) is 5.90 Å². The zero-order valence-corrected chi connectivity index (χ0v) is 7.52. The van der Waals surface area contributed by atoms with Crippen LogP contribution in [0.5, 0.6) is 0 Å². The molecule has 0 aliphatic heterocycles. The summed E-state index contributed by atoms with van der Waals surface area (Å²) >= 11 is 0. The summed E-state index contributed by atoms with van der Waals surface area (Å²) in [5.74, 6) is 4.42. The molecule has 0 spiro atoms. The second-order valence-corrected chi connectivity index (χ2v) is 1.79. The van der Waals surface area contributed by atoms with Gasteiger partial charge in [-0.2, -0.15) is 0 Å². The largest absolute Gasteiger partial charge is 0.464 e. The molecule has 0 saturated carbocycles. The van der Waals surface area contributed by atoms with Crippen LogP contribution in [0.1, 0.15) is 20.3 Å². The molecule has 0 fully saturated rings. The van der Waals surface area contributed by atoms with Crippen molar-refractivity contribution in [2.45, 2.75) is 26.4 Å². The Hall–Kier alpha value is -0.320. The molecule has 0 saturated heterocycles. The van der Waals surface area contributed by atoms with E-state index in [0.717, 1.165) is 0 Å². The number of carbonyl (C=O) groups is 1. The number of carbonyl (C=O) groups excluding carboxylic acids is 1. The molecule has 0 aliphatic carbocycles. The van der Waals surface area contributed by atoms with Crippen LogP contribution in [0.4, 0.5) is 0 Å². The summed E-state index contributed by atoms with van der Waals surface area (Å²) in [6.45, 7) is 3.90. The van der Waals surface area contributed by atoms with Gasteiger partial charge in [0.15, 0.2) is 6.10 Å². The first-order valence-electron chi connectivity index (χ1n) is 3.28. The normalized spacial score (nSPS) is 11.5. The van der Waals surface area contributed by atoms with Crippen molar-refractivity contribution in [2.75, 3.05) is 6.61 Å². The topological polar surface area (TPSA) is 61.5 Å². The van der Waals surface area contributed by atoms with Crippen LogP contribution < -0.4 is 5.90 Å². The van der Waals surface area contributed by atoms with Gasteiger partial charge in [0.2, 0.25) is 0 Å². The van der Waals surface area contributed by atoms with Crippen molar-refractivity contribution < 1.29 is 14.4 Å². The lowest BCUT2D eigenvalue weighted by Crippen LogP contribution is -2.28. The summed E-state index contributed by atoms with van der Waals surface area (Å²) in [4.78, 5) is 15.1. The van der Waals surface area contributed by atoms with E-state index in [1.165, 1.54) is 0 Å². The smallest absolute Gasteiger partial charge is 0.337 e. The molecule has 0 heterocycles. The van der Waals surface area contributed by atoms with Crippen LogP contribution in [0.15, 0.2) is 0 Å². The fourth-order valence-electron chi connectivity index (χ4n) is 0.554. The van der Waals surface area contributed by atoms with Crippen LogP contribution in [0.3, 0.4) is 0 Å². The highest BCUT2D eigenvalue weighted by Crippen LogP contribution is 1.96. The lowest BCUT2D eigenvalue weighted by atomic mass is 10.3. The molecule has 0 rings (SSSR count). The first-order valence-corrected chi connectivity index (χ1v) is 3.28. The lowest BCUT2D eigenvalue weighted by Gasteiger charge is -2.09. The molecule has 2 N–H and O–H groups in total. The number of halogens is 1. The van der Waals surface area contributed by atoms with Crippen molar-refractivity contribution >= 4 is 18.4 Å². The molecule has 0 amide bonds. The van der Waals surface area contributed by atoms with Gasteiger partial charge in [0.25, 0.3) is 0 Å². The van der Waals surface area contributed by atoms with Gasteiger partial charge >= 0.3 is 5.97 Å². The second-order valence-electron chi connectivity index (χ2n) is 1.79. The number of esters is 1. The summed E-state index contributed by atoms with van der Waals surface area (Å²) in [5, 5.41) is 0. The van der Waals surface area contributed by atoms with Crippen LogP contribution in [0, 0.1) is 0 Å². The number of hydrogen-bond donors (Lipinski definition) is 1. The van der Waals surface area contributed by atoms with Crippen molar-refractivity contribution in [2.24, 2.45) is 5.90 Å². The van der Waals surface area contributed by atoms with E-state index in [-0.39, 0.29) is 12.4 Å². The minimum absolute atomic E-state index is 0. The molecule has 0 aliphatic rings. The Morgan fingerprint density at radius 1 is 1.55 bits per heavy atom. The van der Waals surface area contributed by atoms with E-state index >= 15 is 0 Å². The quantitative estimate of drug-likeness (QED) is 0.513. The summed E-state index contributed by atoms with van der Waals surface area (Å²) < 4.78 is 4.64. The summed E-state index contributed by atoms with van der Waals surface area (Å²) in [6, 6.07) is 0. The molecule has 68 valence electrons. The molecule has 4 nitrogen and oxygen atoms in total. The van der Waals surface area contributed by atoms with Gasteiger partial charge < -0.3 is 4.74 Å². The maximum atomic E-state index is 10.8. The van der Waals surface area contributed by atoms with Crippen LogP contribution >= 0.6 is 12.4 Å². The molecule has 5 heteroatoms. The highest BCUT2D eigenvalue weighted by molar-refractivity contribution is 5.85. The average Bonchev–Trinajstić information content (AvgIpc) is 1.91. The Morgan fingerprint density at radius 2 is 2.09 bits per heavy atom. The number of nitrogens with two attached hydrogens (primary N) is 1. The monoisotopic (exact) mass is 183 g/mol. The molecular formula is C6H14ClNO3. The average molecular weight is 184 g/mol. The first-order chi connectivity index (χ1) is 4.76. The predicted molar refractivity (Wildman–Crippen MR) is 43.2 cm³/mol. The van der Waals surface area contributed by atoms with Gasteiger partial charge in [-0.05, 0) is 13.3 Å². The zero-order chi connectivity index (χ0) is 7.98. The maximum absolute atomic E-state index is 10.8. The number of hydrogen-bond acceptors (Lipinski definition) is 4. The fraction of sp³-hybridized carbons (Fsp3) is 0.833. The van der Waals surface area contributed by atoms with Gasteiger partial charge in [-0.3, -0.25) is 4.84 Å². The molecular weight excluding hydrogens is 170 g/mol. The van der Waals surface area contributed by atoms with Crippen molar-refractivity contribution in [1.29, 1.82) is 0 Å². The van der Waals surface area contributed by atoms with Gasteiger partial charge in [0, 0.05) is 0 Å². The van der Waals surface area contributed by atoms with Crippen molar-refractivity contribution in [3.63, 3.8) is 0 Å². The van der Waals surface area contributed by atoms with Crippen LogP contribution in [-0.2, 0) is 14.4 Å². The highest BCUT2D eigenvalue weighted by Gasteiger charge is 2.16. The molecule has 0 radical (unpaired) electrons. The van der Waals surface area contributed by atoms with E-state index < -0.39 is 12.1 Å². The fourth-order valence-corrected chi connectivity index (χ4v) is 0.554. The molecule has 1 atom stereocenters. The Bertz CT molecular complexity index is 106. The third-order valence-corrected chi connectivity index (χ3v) is 1.08. The molecule has 1 unspecified atom stereocenters. The standard InChI is InChI=1S/C6H13NO3.ClH/c1-3-5(10-7)6(8)9-4-2;/h5H,3-4,7H2,1-2H3;1H. The summed E-state index contributed by atoms with van der Waals surface area (Å²) in [6.07, 6.45) is -0.0741. The third-order valence-electron chi connectivity index (χ3n) is 1.08. The van der Waals surface area contributed by atoms with Gasteiger partial charge in [-0.25, -0.2) is 10.7 Å². The second kappa shape index (κ2) is 7.78. The molecule has 11 heavy (non-hydrogen) atoms. The van der Waals surface area contributed by atoms with Crippen LogP contribution in [0.25, 0.3) is 0 Å². The SMILES string of the molecule is CCOC(=O)C(CC)ON.Cl. The Balaban J connectivity index is 0. The summed E-state index contributed by atoms with van der Waals surface area (Å²) in [7, 11) is 0. The van der Waals surface area contributed by atoms with Crippen LogP contribution in [0.2, 0.25) is 0 Å². The lowest BCUT2D eigenvalue weighted by molar-refractivity contribution is -0.157. The zero-order valence-electron chi connectivity index (χ0n) is 6.70. The molecule has 0 aromatic carbocycles. The molecule has 0 aromatic rings. The maximum Gasteiger partial charge on any atom is 0.337 e. The Labute approximate surface area is 72.4 Å². The van der Waals surface area contributed by atoms with Crippen LogP contribution in [-0.4, -0.2) is 18.7 Å². The Kier molecular flexibility index (Phi) is 9.40. The van der Waals surface area contributed by atoms with E-state index in [0.29, 0.717) is 13.0 Å². The van der Waals surface area contributed by atoms with Gasteiger partial charge in [0.05, 0.1) is 6.61 Å². The van der Waals surface area contributed by atoms with Gasteiger partial charge in [0.1, 0.15) is 0 Å². The van der Waals surface area contributed by atoms with Crippen molar-refractivity contribution in [3.8, 4) is 0 Å². The van der Waals surface area contributed by atoms with Crippen molar-refractivity contribution in [3.05, 3.63) is 0 Å². The minimum atomic E-state index is -0.611. The Morgan fingerprint density at radius 3 is 2.36 bits per heavy atom. The minimum Gasteiger partial charge on any atom is -0.464 e. The van der Waals surface area contributed by atoms with E-state index in [9.17, 15) is 4.79 Å². The van der Waals surface area contributed by atoms with E-state index in [1.54, 1.807) is 13.8 Å². The van der Waals surface area contributed by atoms with Crippen molar-refractivity contribution in [1.82, 2.24) is 0 Å². The predicted octanol–water partition coefficient (Wildman–Crippen LogP) is 0.640. The third kappa shape index (κ3) is 5.01. The van der Waals surface area contributed by atoms with E-state index in [1.807, 2.05) is 0 Å². The van der Waals surface area contributed by atoms with E-state index in [2.05, 4.69) is 9.57 Å². The number of rotatable bonds is 4. The number of ether oxygens (including phenoxy) is 1. The van der Waals surface area contributed by atoms with Gasteiger partial charge in [-0.15, -0.1) is 12.4 Å². The summed E-state index contributed by atoms with van der Waals surface area (Å²) in [5.41, 5.74) is 0. The molecule has 0 aromatic heterocycles.